The molecule has 0 unspecified atom stereocenters. The Morgan fingerprint density at radius 2 is 1.73 bits per heavy atom. The minimum absolute atomic E-state index is 1.26. The van der Waals surface area contributed by atoms with Crippen LogP contribution < -0.4 is 4.40 Å². The molecular weight excluding hydrogens is 195 g/mol. The van der Waals surface area contributed by atoms with E-state index in [0.717, 1.165) is 0 Å². The van der Waals surface area contributed by atoms with Crippen LogP contribution in [0.5, 0.6) is 0 Å². The van der Waals surface area contributed by atoms with Crippen LogP contribution in [0.25, 0.3) is 0 Å². The van der Waals surface area contributed by atoms with Crippen LogP contribution in [0.2, 0.25) is 11.5 Å². The summed E-state index contributed by atoms with van der Waals surface area (Å²) in [6, 6.07) is 10.1. The van der Waals surface area contributed by atoms with Gasteiger partial charge >= 0.3 is 69.7 Å². The molecule has 1 aromatic carbocycles. The molecule has 1 nitrogen and oxygen atoms in total. The molecule has 0 aromatic heterocycles. The van der Waals surface area contributed by atoms with E-state index in [0.29, 0.717) is 0 Å². The molecule has 11 heavy (non-hydrogen) atoms. The Kier molecular flexibility index (Phi) is 2.36. The van der Waals surface area contributed by atoms with Crippen molar-refractivity contribution in [3.05, 3.63) is 30.3 Å². The Morgan fingerprint density at radius 3 is 2.18 bits per heavy atom. The van der Waals surface area contributed by atoms with E-state index in [4.69, 9.17) is 5.26 Å². The van der Waals surface area contributed by atoms with Crippen molar-refractivity contribution in [1.82, 2.24) is 0 Å². The molecule has 0 amide bonds. The maximum atomic E-state index is 8.88. The van der Waals surface area contributed by atoms with Gasteiger partial charge in [-0.3, -0.25) is 0 Å². The summed E-state index contributed by atoms with van der Waals surface area (Å²) in [5.74, 6) is 4.21. The van der Waals surface area contributed by atoms with Crippen LogP contribution in [0.15, 0.2) is 30.3 Å². The molecule has 0 aliphatic rings. The molecule has 0 radical (unpaired) electrons. The van der Waals surface area contributed by atoms with Crippen molar-refractivity contribution in [1.29, 1.82) is 5.26 Å². The summed E-state index contributed by atoms with van der Waals surface area (Å²) in [6.45, 7) is 0. The first-order valence-corrected chi connectivity index (χ1v) is 9.93. The molecule has 0 saturated heterocycles. The van der Waals surface area contributed by atoms with Gasteiger partial charge in [0.05, 0.1) is 0 Å². The van der Waals surface area contributed by atoms with Gasteiger partial charge in [0.25, 0.3) is 0 Å². The van der Waals surface area contributed by atoms with Gasteiger partial charge in [-0.2, -0.15) is 0 Å². The van der Waals surface area contributed by atoms with E-state index in [1.165, 1.54) is 4.40 Å². The van der Waals surface area contributed by atoms with Gasteiger partial charge in [0.1, 0.15) is 0 Å². The van der Waals surface area contributed by atoms with Crippen LogP contribution in [-0.2, 0) is 0 Å². The average Bonchev–Trinajstić information content (AvgIpc) is 2.06. The zero-order chi connectivity index (χ0) is 8.32. The van der Waals surface area contributed by atoms with Crippen molar-refractivity contribution in [3.8, 4) is 4.90 Å². The third-order valence-electron chi connectivity index (χ3n) is 1.77. The molecule has 0 atom stereocenters. The number of benzene rings is 1. The second-order valence-corrected chi connectivity index (χ2v) is 11.6. The van der Waals surface area contributed by atoms with Crippen molar-refractivity contribution < 1.29 is 0 Å². The Hall–Kier alpha value is -0.747. The van der Waals surface area contributed by atoms with Crippen LogP contribution in [0.1, 0.15) is 0 Å². The van der Waals surface area contributed by atoms with Crippen LogP contribution in [0, 0.1) is 10.2 Å². The molecule has 0 aliphatic carbocycles. The van der Waals surface area contributed by atoms with Gasteiger partial charge in [0.15, 0.2) is 0 Å². The van der Waals surface area contributed by atoms with Crippen molar-refractivity contribution in [2.45, 2.75) is 11.5 Å². The predicted molar refractivity (Wildman–Crippen MR) is 49.2 cm³/mol. The van der Waals surface area contributed by atoms with Gasteiger partial charge in [-0.15, -0.1) is 0 Å². The van der Waals surface area contributed by atoms with Crippen molar-refractivity contribution in [2.24, 2.45) is 0 Å². The van der Waals surface area contributed by atoms with Crippen molar-refractivity contribution in [3.63, 3.8) is 0 Å². The van der Waals surface area contributed by atoms with Gasteiger partial charge in [-0.25, -0.2) is 0 Å². The zero-order valence-electron chi connectivity index (χ0n) is 6.83. The van der Waals surface area contributed by atoms with Gasteiger partial charge in [0, 0.05) is 0 Å². The SMILES string of the molecule is [CH3][Ge]([CH3])([C]#N)[c]1ccccc1. The third kappa shape index (κ3) is 1.84. The van der Waals surface area contributed by atoms with Crippen LogP contribution in [-0.4, -0.2) is 13.3 Å². The summed E-state index contributed by atoms with van der Waals surface area (Å²) in [6.07, 6.45) is 0. The summed E-state index contributed by atoms with van der Waals surface area (Å²) in [7, 11) is 0. The molecular formula is C9H11GeN. The fourth-order valence-corrected chi connectivity index (χ4v) is 3.34. The first-order valence-electron chi connectivity index (χ1n) is 3.63. The Balaban J connectivity index is 3.05. The number of rotatable bonds is 1. The van der Waals surface area contributed by atoms with E-state index < -0.39 is 13.3 Å². The van der Waals surface area contributed by atoms with E-state index >= 15 is 0 Å². The van der Waals surface area contributed by atoms with E-state index in [2.05, 4.69) is 28.5 Å². The fourth-order valence-electron chi connectivity index (χ4n) is 0.919. The van der Waals surface area contributed by atoms with Gasteiger partial charge in [0.2, 0.25) is 0 Å². The van der Waals surface area contributed by atoms with Crippen LogP contribution >= 0.6 is 0 Å². The molecule has 1 rings (SSSR count). The summed E-state index contributed by atoms with van der Waals surface area (Å²) >= 11 is -2.23. The van der Waals surface area contributed by atoms with Crippen molar-refractivity contribution in [2.75, 3.05) is 0 Å². The molecule has 0 aliphatic heterocycles. The predicted octanol–water partition coefficient (Wildman–Crippen LogP) is 1.66. The summed E-state index contributed by atoms with van der Waals surface area (Å²) in [4.78, 5) is 2.45. The maximum absolute atomic E-state index is 8.88. The summed E-state index contributed by atoms with van der Waals surface area (Å²) in [5.41, 5.74) is 0. The molecule has 56 valence electrons. The zero-order valence-corrected chi connectivity index (χ0v) is 8.93. The van der Waals surface area contributed by atoms with Gasteiger partial charge in [-0.05, 0) is 0 Å². The van der Waals surface area contributed by atoms with E-state index in [9.17, 15) is 0 Å². The molecule has 0 bridgehead atoms. The molecule has 0 N–H and O–H groups in total. The minimum atomic E-state index is -2.23. The number of hydrogen-bond acceptors (Lipinski definition) is 1. The van der Waals surface area contributed by atoms with Crippen LogP contribution in [0.4, 0.5) is 0 Å². The van der Waals surface area contributed by atoms with E-state index in [1.807, 2.05) is 18.2 Å². The standard InChI is InChI=1S/C9H11GeN/c1-10(2,8-11)9-6-4-3-5-7-9/h3-7H,1-2H3. The first kappa shape index (κ1) is 8.35. The van der Waals surface area contributed by atoms with Crippen LogP contribution in [0.3, 0.4) is 0 Å². The Morgan fingerprint density at radius 1 is 1.18 bits per heavy atom. The molecule has 0 saturated carbocycles. The number of hydrogen-bond donors (Lipinski definition) is 0. The van der Waals surface area contributed by atoms with Gasteiger partial charge in [-0.1, -0.05) is 0 Å². The molecule has 1 aromatic rings. The fraction of sp³-hybridized carbons (Fsp3) is 0.222. The molecule has 2 heteroatoms. The summed E-state index contributed by atoms with van der Waals surface area (Å²) in [5, 5.41) is 8.88. The number of nitrogens with zero attached hydrogens (tertiary/aromatic N) is 1. The van der Waals surface area contributed by atoms with E-state index in [-0.39, 0.29) is 0 Å². The Bertz CT molecular complexity index is 271. The topological polar surface area (TPSA) is 23.8 Å². The summed E-state index contributed by atoms with van der Waals surface area (Å²) < 4.78 is 1.26. The van der Waals surface area contributed by atoms with Gasteiger partial charge < -0.3 is 0 Å². The van der Waals surface area contributed by atoms with E-state index in [1.54, 1.807) is 0 Å². The monoisotopic (exact) mass is 207 g/mol. The quantitative estimate of drug-likeness (QED) is 0.640. The average molecular weight is 206 g/mol. The Labute approximate surface area is 70.0 Å². The second kappa shape index (κ2) is 3.10. The molecule has 0 fully saturated rings. The molecule has 0 spiro atoms. The molecule has 0 heterocycles. The number of nitriles is 1. The third-order valence-corrected chi connectivity index (χ3v) is 6.68. The first-order chi connectivity index (χ1) is 5.17. The second-order valence-electron chi connectivity index (χ2n) is 3.10. The normalized spacial score (nSPS) is 10.6. The van der Waals surface area contributed by atoms with Crippen molar-refractivity contribution >= 4 is 17.7 Å².